The van der Waals surface area contributed by atoms with E-state index in [2.05, 4.69) is 16.0 Å². The number of hydrogen-bond donors (Lipinski definition) is 2. The molecule has 2 N–H and O–H groups in total. The lowest BCUT2D eigenvalue weighted by molar-refractivity contribution is -0.130. The standard InChI is InChI=1S/C14H15N3O3/c1-7-5-12-10(8(2)14(19)17-20-12)6-9(7)11-3-4-13(18)16-15-11/h5-6,8H,3-4H2,1-2H3,(H,16,18)(H,17,19). The molecule has 104 valence electrons. The van der Waals surface area contributed by atoms with Crippen molar-refractivity contribution in [2.75, 3.05) is 0 Å². The Bertz CT molecular complexity index is 637. The van der Waals surface area contributed by atoms with E-state index in [4.69, 9.17) is 4.84 Å². The Labute approximate surface area is 116 Å². The monoisotopic (exact) mass is 273 g/mol. The number of hydroxylamine groups is 1. The van der Waals surface area contributed by atoms with E-state index in [-0.39, 0.29) is 17.7 Å². The van der Waals surface area contributed by atoms with Crippen molar-refractivity contribution in [1.82, 2.24) is 10.9 Å². The van der Waals surface area contributed by atoms with E-state index in [1.165, 1.54) is 0 Å². The van der Waals surface area contributed by atoms with Crippen molar-refractivity contribution in [2.24, 2.45) is 5.10 Å². The SMILES string of the molecule is Cc1cc2c(cc1C1=NNC(=O)CC1)C(C)C(=O)NO2. The van der Waals surface area contributed by atoms with Crippen molar-refractivity contribution < 1.29 is 14.4 Å². The lowest BCUT2D eigenvalue weighted by Gasteiger charge is -2.24. The first-order chi connectivity index (χ1) is 9.56. The van der Waals surface area contributed by atoms with Gasteiger partial charge in [-0.15, -0.1) is 0 Å². The van der Waals surface area contributed by atoms with Crippen LogP contribution in [0.15, 0.2) is 17.2 Å². The summed E-state index contributed by atoms with van der Waals surface area (Å²) < 4.78 is 0. The maximum absolute atomic E-state index is 11.6. The Morgan fingerprint density at radius 1 is 1.30 bits per heavy atom. The molecule has 1 atom stereocenters. The maximum Gasteiger partial charge on any atom is 0.259 e. The molecule has 0 saturated carbocycles. The Balaban J connectivity index is 2.05. The molecule has 0 aromatic heterocycles. The van der Waals surface area contributed by atoms with Gasteiger partial charge in [-0.25, -0.2) is 5.43 Å². The third kappa shape index (κ3) is 2.03. The molecule has 1 aromatic rings. The Morgan fingerprint density at radius 2 is 2.10 bits per heavy atom. The maximum atomic E-state index is 11.6. The molecular weight excluding hydrogens is 258 g/mol. The van der Waals surface area contributed by atoms with Crippen LogP contribution in [0.25, 0.3) is 0 Å². The van der Waals surface area contributed by atoms with E-state index in [1.807, 2.05) is 26.0 Å². The van der Waals surface area contributed by atoms with Gasteiger partial charge in [-0.05, 0) is 31.5 Å². The van der Waals surface area contributed by atoms with Gasteiger partial charge >= 0.3 is 0 Å². The molecule has 6 nitrogen and oxygen atoms in total. The second kappa shape index (κ2) is 4.63. The zero-order valence-corrected chi connectivity index (χ0v) is 11.3. The number of nitrogens with zero attached hydrogens (tertiary/aromatic N) is 1. The van der Waals surface area contributed by atoms with Gasteiger partial charge in [0, 0.05) is 24.0 Å². The fourth-order valence-electron chi connectivity index (χ4n) is 2.44. The van der Waals surface area contributed by atoms with Crippen molar-refractivity contribution in [1.29, 1.82) is 0 Å². The third-order valence-electron chi connectivity index (χ3n) is 3.69. The molecule has 20 heavy (non-hydrogen) atoms. The molecule has 0 spiro atoms. The molecule has 2 heterocycles. The predicted octanol–water partition coefficient (Wildman–Crippen LogP) is 1.14. The van der Waals surface area contributed by atoms with Crippen LogP contribution in [0.5, 0.6) is 5.75 Å². The molecule has 6 heteroatoms. The van der Waals surface area contributed by atoms with E-state index >= 15 is 0 Å². The number of nitrogens with one attached hydrogen (secondary N) is 2. The smallest absolute Gasteiger partial charge is 0.259 e. The van der Waals surface area contributed by atoms with Crippen LogP contribution in [-0.4, -0.2) is 17.5 Å². The minimum absolute atomic E-state index is 0.0690. The molecule has 1 unspecified atom stereocenters. The molecule has 2 aliphatic heterocycles. The van der Waals surface area contributed by atoms with Crippen molar-refractivity contribution in [3.05, 3.63) is 28.8 Å². The van der Waals surface area contributed by atoms with E-state index in [9.17, 15) is 9.59 Å². The van der Waals surface area contributed by atoms with E-state index in [0.29, 0.717) is 18.6 Å². The Morgan fingerprint density at radius 3 is 2.80 bits per heavy atom. The Hall–Kier alpha value is -2.37. The molecule has 1 aromatic carbocycles. The van der Waals surface area contributed by atoms with Crippen molar-refractivity contribution in [3.63, 3.8) is 0 Å². The first-order valence-corrected chi connectivity index (χ1v) is 6.53. The highest BCUT2D eigenvalue weighted by atomic mass is 16.7. The van der Waals surface area contributed by atoms with Gasteiger partial charge in [-0.1, -0.05) is 0 Å². The van der Waals surface area contributed by atoms with Crippen LogP contribution in [-0.2, 0) is 9.59 Å². The zero-order valence-electron chi connectivity index (χ0n) is 11.3. The first kappa shape index (κ1) is 12.7. The molecule has 0 bridgehead atoms. The van der Waals surface area contributed by atoms with Crippen LogP contribution in [0.4, 0.5) is 0 Å². The third-order valence-corrected chi connectivity index (χ3v) is 3.69. The van der Waals surface area contributed by atoms with Gasteiger partial charge in [0.1, 0.15) is 0 Å². The summed E-state index contributed by atoms with van der Waals surface area (Å²) in [6.07, 6.45) is 1.04. The van der Waals surface area contributed by atoms with Crippen LogP contribution >= 0.6 is 0 Å². The van der Waals surface area contributed by atoms with Crippen LogP contribution in [0.1, 0.15) is 42.4 Å². The second-order valence-electron chi connectivity index (χ2n) is 5.09. The van der Waals surface area contributed by atoms with Gasteiger partial charge in [-0.3, -0.25) is 9.59 Å². The van der Waals surface area contributed by atoms with Gasteiger partial charge in [0.05, 0.1) is 11.6 Å². The molecule has 0 aliphatic carbocycles. The number of fused-ring (bicyclic) bond motifs is 1. The molecular formula is C14H15N3O3. The number of carbonyl (C=O) groups is 2. The van der Waals surface area contributed by atoms with Gasteiger partial charge in [0.25, 0.3) is 5.91 Å². The fraction of sp³-hybridized carbons (Fsp3) is 0.357. The minimum Gasteiger partial charge on any atom is -0.379 e. The molecule has 3 rings (SSSR count). The van der Waals surface area contributed by atoms with Crippen LogP contribution in [0.2, 0.25) is 0 Å². The van der Waals surface area contributed by atoms with Crippen LogP contribution in [0.3, 0.4) is 0 Å². The number of hydrazone groups is 1. The highest BCUT2D eigenvalue weighted by Crippen LogP contribution is 2.33. The second-order valence-corrected chi connectivity index (χ2v) is 5.09. The highest BCUT2D eigenvalue weighted by molar-refractivity contribution is 6.05. The lowest BCUT2D eigenvalue weighted by Crippen LogP contribution is -2.36. The van der Waals surface area contributed by atoms with Gasteiger partial charge < -0.3 is 4.84 Å². The first-order valence-electron chi connectivity index (χ1n) is 6.53. The summed E-state index contributed by atoms with van der Waals surface area (Å²) in [4.78, 5) is 28.0. The average molecular weight is 273 g/mol. The molecule has 2 aliphatic rings. The van der Waals surface area contributed by atoms with E-state index in [1.54, 1.807) is 0 Å². The van der Waals surface area contributed by atoms with Gasteiger partial charge in [0.2, 0.25) is 5.91 Å². The summed E-state index contributed by atoms with van der Waals surface area (Å²) in [7, 11) is 0. The van der Waals surface area contributed by atoms with Crippen molar-refractivity contribution in [2.45, 2.75) is 32.6 Å². The highest BCUT2D eigenvalue weighted by Gasteiger charge is 2.27. The van der Waals surface area contributed by atoms with Crippen LogP contribution < -0.4 is 15.7 Å². The van der Waals surface area contributed by atoms with Crippen molar-refractivity contribution >= 4 is 17.5 Å². The topological polar surface area (TPSA) is 79.8 Å². The minimum atomic E-state index is -0.267. The van der Waals surface area contributed by atoms with E-state index in [0.717, 1.165) is 22.4 Å². The van der Waals surface area contributed by atoms with Crippen molar-refractivity contribution in [3.8, 4) is 5.75 Å². The summed E-state index contributed by atoms with van der Waals surface area (Å²) in [6, 6.07) is 3.82. The van der Waals surface area contributed by atoms with Crippen LogP contribution in [0, 0.1) is 6.92 Å². The number of aryl methyl sites for hydroxylation is 1. The lowest BCUT2D eigenvalue weighted by atomic mass is 9.91. The predicted molar refractivity (Wildman–Crippen MR) is 72.3 cm³/mol. The van der Waals surface area contributed by atoms with Gasteiger partial charge in [0.15, 0.2) is 5.75 Å². The normalized spacial score (nSPS) is 21.3. The number of rotatable bonds is 1. The molecule has 2 amide bonds. The summed E-state index contributed by atoms with van der Waals surface area (Å²) in [5, 5.41) is 4.11. The largest absolute Gasteiger partial charge is 0.379 e. The quantitative estimate of drug-likeness (QED) is 0.805. The molecule has 0 saturated heterocycles. The van der Waals surface area contributed by atoms with E-state index < -0.39 is 0 Å². The summed E-state index contributed by atoms with van der Waals surface area (Å²) >= 11 is 0. The average Bonchev–Trinajstić information content (AvgIpc) is 2.44. The fourth-order valence-corrected chi connectivity index (χ4v) is 2.44. The zero-order chi connectivity index (χ0) is 14.3. The molecule has 0 fully saturated rings. The number of amides is 2. The number of benzene rings is 1. The molecule has 0 radical (unpaired) electrons. The summed E-state index contributed by atoms with van der Waals surface area (Å²) in [5.74, 6) is 0.169. The Kier molecular flexibility index (Phi) is 2.93. The van der Waals surface area contributed by atoms with Gasteiger partial charge in [-0.2, -0.15) is 10.6 Å². The number of carbonyl (C=O) groups excluding carboxylic acids is 2. The summed E-state index contributed by atoms with van der Waals surface area (Å²) in [6.45, 7) is 3.79. The summed E-state index contributed by atoms with van der Waals surface area (Å²) in [5.41, 5.74) is 8.52. The number of hydrogen-bond acceptors (Lipinski definition) is 4.